The fourth-order valence-corrected chi connectivity index (χ4v) is 1.91. The van der Waals surface area contributed by atoms with Crippen LogP contribution in [0.5, 0.6) is 0 Å². The molecule has 6 heteroatoms. The minimum absolute atomic E-state index is 0.488. The number of hydrogen-bond acceptors (Lipinski definition) is 2. The van der Waals surface area contributed by atoms with Gasteiger partial charge in [-0.3, -0.25) is 0 Å². The molecule has 1 heterocycles. The van der Waals surface area contributed by atoms with E-state index in [1.165, 1.54) is 0 Å². The number of hydrogen-bond donors (Lipinski definition) is 0. The Morgan fingerprint density at radius 2 is 1.85 bits per heavy atom. The predicted molar refractivity (Wildman–Crippen MR) is 63.6 cm³/mol. The summed E-state index contributed by atoms with van der Waals surface area (Å²) in [6.45, 7) is 2.99. The molecule has 0 radical (unpaired) electrons. The van der Waals surface area contributed by atoms with Crippen LogP contribution in [0.4, 0.5) is 17.6 Å². The minimum Gasteiger partial charge on any atom is -0.353 e. The molecule has 0 saturated carbocycles. The van der Waals surface area contributed by atoms with E-state index in [-0.39, 0.29) is 0 Å². The van der Waals surface area contributed by atoms with Crippen LogP contribution in [0.25, 0.3) is 6.08 Å². The first-order valence-electron chi connectivity index (χ1n) is 6.00. The van der Waals surface area contributed by atoms with Gasteiger partial charge in [0.25, 0.3) is 0 Å². The Labute approximate surface area is 113 Å². The zero-order chi connectivity index (χ0) is 14.7. The Bertz CT molecular complexity index is 530. The van der Waals surface area contributed by atoms with Crippen molar-refractivity contribution < 1.29 is 27.0 Å². The molecule has 0 aliphatic carbocycles. The highest BCUT2D eigenvalue weighted by atomic mass is 19.2. The van der Waals surface area contributed by atoms with Crippen molar-refractivity contribution in [2.24, 2.45) is 0 Å². The van der Waals surface area contributed by atoms with Gasteiger partial charge in [0.05, 0.1) is 17.7 Å². The third-order valence-electron chi connectivity index (χ3n) is 2.94. The van der Waals surface area contributed by atoms with Gasteiger partial charge in [0, 0.05) is 13.0 Å². The van der Waals surface area contributed by atoms with Crippen LogP contribution >= 0.6 is 0 Å². The van der Waals surface area contributed by atoms with Crippen molar-refractivity contribution in [2.45, 2.75) is 25.7 Å². The third kappa shape index (κ3) is 2.77. The van der Waals surface area contributed by atoms with Gasteiger partial charge in [0.15, 0.2) is 29.6 Å². The predicted octanol–water partition coefficient (Wildman–Crippen LogP) is 3.69. The number of benzene rings is 1. The van der Waals surface area contributed by atoms with Gasteiger partial charge in [-0.05, 0) is 12.5 Å². The van der Waals surface area contributed by atoms with E-state index in [0.717, 1.165) is 12.5 Å². The van der Waals surface area contributed by atoms with Gasteiger partial charge in [0.1, 0.15) is 0 Å². The topological polar surface area (TPSA) is 18.5 Å². The molecule has 1 aromatic carbocycles. The van der Waals surface area contributed by atoms with Crippen molar-refractivity contribution in [2.75, 3.05) is 6.61 Å². The molecule has 0 N–H and O–H groups in total. The van der Waals surface area contributed by atoms with Gasteiger partial charge in [-0.2, -0.15) is 0 Å². The fourth-order valence-electron chi connectivity index (χ4n) is 1.91. The summed E-state index contributed by atoms with van der Waals surface area (Å²) < 4.78 is 64.9. The molecule has 1 fully saturated rings. The molecule has 0 amide bonds. The Balaban J connectivity index is 2.30. The highest BCUT2D eigenvalue weighted by Crippen LogP contribution is 2.26. The fraction of sp³-hybridized carbons (Fsp3) is 0.357. The van der Waals surface area contributed by atoms with Crippen molar-refractivity contribution in [1.29, 1.82) is 0 Å². The normalized spacial score (nSPS) is 18.1. The monoisotopic (exact) mass is 288 g/mol. The van der Waals surface area contributed by atoms with Crippen molar-refractivity contribution in [3.05, 3.63) is 46.7 Å². The summed E-state index contributed by atoms with van der Waals surface area (Å²) in [5.74, 6) is -5.95. The van der Waals surface area contributed by atoms with Crippen LogP contribution in [0, 0.1) is 23.3 Å². The Morgan fingerprint density at radius 3 is 2.35 bits per heavy atom. The van der Waals surface area contributed by atoms with E-state index < -0.39 is 47.3 Å². The lowest BCUT2D eigenvalue weighted by atomic mass is 10.1. The smallest absolute Gasteiger partial charge is 0.170 e. The highest BCUT2D eigenvalue weighted by Gasteiger charge is 2.25. The second kappa shape index (κ2) is 6.22. The molecule has 0 bridgehead atoms. The molecular formula is C14H12F4O2. The summed E-state index contributed by atoms with van der Waals surface area (Å²) in [7, 11) is 0. The summed E-state index contributed by atoms with van der Waals surface area (Å²) in [6.07, 6.45) is 1.47. The highest BCUT2D eigenvalue weighted by molar-refractivity contribution is 5.51. The van der Waals surface area contributed by atoms with Gasteiger partial charge in [-0.15, -0.1) is 5.73 Å². The van der Waals surface area contributed by atoms with Crippen molar-refractivity contribution in [3.8, 4) is 0 Å². The first-order chi connectivity index (χ1) is 9.56. The molecule has 2 nitrogen and oxygen atoms in total. The first-order valence-corrected chi connectivity index (χ1v) is 6.00. The quantitative estimate of drug-likeness (QED) is 0.478. The van der Waals surface area contributed by atoms with Crippen molar-refractivity contribution in [1.82, 2.24) is 0 Å². The van der Waals surface area contributed by atoms with Crippen LogP contribution in [0.1, 0.15) is 24.0 Å². The zero-order valence-electron chi connectivity index (χ0n) is 10.5. The number of halogens is 4. The lowest BCUT2D eigenvalue weighted by Crippen LogP contribution is -2.14. The zero-order valence-corrected chi connectivity index (χ0v) is 10.5. The minimum atomic E-state index is -1.49. The van der Waals surface area contributed by atoms with Crippen LogP contribution in [0.15, 0.2) is 12.3 Å². The van der Waals surface area contributed by atoms with E-state index in [0.29, 0.717) is 13.0 Å². The molecule has 1 saturated heterocycles. The van der Waals surface area contributed by atoms with E-state index in [9.17, 15) is 17.6 Å². The summed E-state index contributed by atoms with van der Waals surface area (Å²) in [4.78, 5) is 0. The molecule has 2 rings (SSSR count). The maximum absolute atomic E-state index is 13.7. The van der Waals surface area contributed by atoms with Gasteiger partial charge in [-0.25, -0.2) is 17.6 Å². The van der Waals surface area contributed by atoms with Crippen LogP contribution < -0.4 is 0 Å². The SMILES string of the molecule is C=C=Cc1c(F)c(F)c(COC2CCCO2)c(F)c1F. The molecule has 20 heavy (non-hydrogen) atoms. The van der Waals surface area contributed by atoms with E-state index in [4.69, 9.17) is 9.47 Å². The molecule has 0 aromatic heterocycles. The first kappa shape index (κ1) is 14.8. The largest absolute Gasteiger partial charge is 0.353 e. The van der Waals surface area contributed by atoms with E-state index >= 15 is 0 Å². The van der Waals surface area contributed by atoms with Gasteiger partial charge < -0.3 is 9.47 Å². The molecule has 1 aliphatic heterocycles. The average molecular weight is 288 g/mol. The van der Waals surface area contributed by atoms with Crippen molar-refractivity contribution in [3.63, 3.8) is 0 Å². The Hall–Kier alpha value is -1.62. The average Bonchev–Trinajstić information content (AvgIpc) is 2.95. The van der Waals surface area contributed by atoms with Crippen LogP contribution in [0.2, 0.25) is 0 Å². The second-order valence-corrected chi connectivity index (χ2v) is 4.25. The molecule has 108 valence electrons. The van der Waals surface area contributed by atoms with Gasteiger partial charge in [-0.1, -0.05) is 6.58 Å². The standard InChI is InChI=1S/C14H12F4O2/c1-2-4-8-11(15)13(17)9(14(18)12(8)16)7-20-10-5-3-6-19-10/h4,10H,1,3,5-7H2. The molecule has 0 spiro atoms. The van der Waals surface area contributed by atoms with Crippen molar-refractivity contribution >= 4 is 6.08 Å². The summed E-state index contributed by atoms with van der Waals surface area (Å²) in [5.41, 5.74) is 0.431. The van der Waals surface area contributed by atoms with E-state index in [1.54, 1.807) is 0 Å². The van der Waals surface area contributed by atoms with Crippen LogP contribution in [-0.4, -0.2) is 12.9 Å². The molecular weight excluding hydrogens is 276 g/mol. The number of rotatable bonds is 4. The maximum Gasteiger partial charge on any atom is 0.170 e. The molecule has 1 unspecified atom stereocenters. The lowest BCUT2D eigenvalue weighted by Gasteiger charge is -2.13. The summed E-state index contributed by atoms with van der Waals surface area (Å²) in [6, 6.07) is 0. The second-order valence-electron chi connectivity index (χ2n) is 4.25. The Kier molecular flexibility index (Phi) is 4.60. The summed E-state index contributed by atoms with van der Waals surface area (Å²) >= 11 is 0. The summed E-state index contributed by atoms with van der Waals surface area (Å²) in [5, 5.41) is 0. The van der Waals surface area contributed by atoms with Gasteiger partial charge >= 0.3 is 0 Å². The van der Waals surface area contributed by atoms with E-state index in [2.05, 4.69) is 12.3 Å². The maximum atomic E-state index is 13.7. The lowest BCUT2D eigenvalue weighted by molar-refractivity contribution is -0.120. The molecule has 1 aromatic rings. The van der Waals surface area contributed by atoms with Crippen LogP contribution in [0.3, 0.4) is 0 Å². The Morgan fingerprint density at radius 1 is 1.20 bits per heavy atom. The van der Waals surface area contributed by atoms with Crippen LogP contribution in [-0.2, 0) is 16.1 Å². The number of ether oxygens (including phenoxy) is 2. The molecule has 1 aliphatic rings. The third-order valence-corrected chi connectivity index (χ3v) is 2.94. The van der Waals surface area contributed by atoms with Gasteiger partial charge in [0.2, 0.25) is 0 Å². The molecule has 1 atom stereocenters. The van der Waals surface area contributed by atoms with E-state index in [1.807, 2.05) is 0 Å².